The maximum Gasteiger partial charge on any atom is 0.206 e. The van der Waals surface area contributed by atoms with Crippen LogP contribution in [0.5, 0.6) is 0 Å². The van der Waals surface area contributed by atoms with E-state index in [1.165, 1.54) is 0 Å². The molecular weight excluding hydrogens is 202 g/mol. The van der Waals surface area contributed by atoms with Crippen LogP contribution in [0.2, 0.25) is 0 Å². The summed E-state index contributed by atoms with van der Waals surface area (Å²) in [6.07, 6.45) is 0.628. The molecule has 1 fully saturated rings. The Labute approximate surface area is 94.1 Å². The number of aryl methyl sites for hydroxylation is 1. The van der Waals surface area contributed by atoms with E-state index in [-0.39, 0.29) is 6.10 Å². The second-order valence-corrected chi connectivity index (χ2v) is 4.35. The fourth-order valence-electron chi connectivity index (χ4n) is 2.34. The molecule has 4 nitrogen and oxygen atoms in total. The topological polar surface area (TPSA) is 41.3 Å². The molecular formula is C12H15N3O. The fourth-order valence-corrected chi connectivity index (χ4v) is 2.34. The number of hydrogen-bond acceptors (Lipinski definition) is 3. The van der Waals surface area contributed by atoms with Crippen LogP contribution in [0.1, 0.15) is 6.42 Å². The maximum absolute atomic E-state index is 9.55. The minimum atomic E-state index is -0.209. The van der Waals surface area contributed by atoms with Crippen molar-refractivity contribution in [1.29, 1.82) is 0 Å². The molecule has 0 unspecified atom stereocenters. The SMILES string of the molecule is Cn1c(N2CC[C@@H](O)C2)nc2ccccc21. The van der Waals surface area contributed by atoms with Crippen LogP contribution in [-0.2, 0) is 7.05 Å². The molecule has 1 aliphatic heterocycles. The number of β-amino-alcohol motifs (C(OH)–C–C–N with tert-alkyl or cyclic N) is 1. The van der Waals surface area contributed by atoms with Crippen LogP contribution < -0.4 is 4.90 Å². The van der Waals surface area contributed by atoms with Crippen LogP contribution in [0.3, 0.4) is 0 Å². The number of nitrogens with zero attached hydrogens (tertiary/aromatic N) is 3. The highest BCUT2D eigenvalue weighted by molar-refractivity contribution is 5.78. The number of imidazole rings is 1. The van der Waals surface area contributed by atoms with Crippen molar-refractivity contribution in [3.63, 3.8) is 0 Å². The second-order valence-electron chi connectivity index (χ2n) is 4.35. The maximum atomic E-state index is 9.55. The van der Waals surface area contributed by atoms with Crippen LogP contribution in [0.4, 0.5) is 5.95 Å². The van der Waals surface area contributed by atoms with Crippen molar-refractivity contribution in [2.75, 3.05) is 18.0 Å². The molecule has 2 heterocycles. The van der Waals surface area contributed by atoms with Gasteiger partial charge in [0.15, 0.2) is 0 Å². The molecule has 0 bridgehead atoms. The highest BCUT2D eigenvalue weighted by Crippen LogP contribution is 2.23. The van der Waals surface area contributed by atoms with E-state index in [4.69, 9.17) is 0 Å². The van der Waals surface area contributed by atoms with Gasteiger partial charge in [-0.3, -0.25) is 0 Å². The molecule has 0 amide bonds. The van der Waals surface area contributed by atoms with Crippen molar-refractivity contribution >= 4 is 17.0 Å². The summed E-state index contributed by atoms with van der Waals surface area (Å²) in [5, 5.41) is 9.55. The third-order valence-electron chi connectivity index (χ3n) is 3.21. The first kappa shape index (κ1) is 9.66. The van der Waals surface area contributed by atoms with E-state index in [1.807, 2.05) is 25.2 Å². The molecule has 4 heteroatoms. The Morgan fingerprint density at radius 2 is 2.19 bits per heavy atom. The van der Waals surface area contributed by atoms with Crippen molar-refractivity contribution in [1.82, 2.24) is 9.55 Å². The van der Waals surface area contributed by atoms with Gasteiger partial charge < -0.3 is 14.6 Å². The molecule has 3 rings (SSSR count). The second kappa shape index (κ2) is 3.49. The van der Waals surface area contributed by atoms with Gasteiger partial charge in [-0.05, 0) is 18.6 Å². The van der Waals surface area contributed by atoms with E-state index >= 15 is 0 Å². The lowest BCUT2D eigenvalue weighted by atomic mass is 10.3. The highest BCUT2D eigenvalue weighted by atomic mass is 16.3. The predicted octanol–water partition coefficient (Wildman–Crippen LogP) is 1.14. The van der Waals surface area contributed by atoms with Crippen molar-refractivity contribution in [2.45, 2.75) is 12.5 Å². The molecule has 0 spiro atoms. The first-order valence-corrected chi connectivity index (χ1v) is 5.60. The van der Waals surface area contributed by atoms with Gasteiger partial charge in [0.1, 0.15) is 0 Å². The number of aliphatic hydroxyl groups excluding tert-OH is 1. The van der Waals surface area contributed by atoms with Crippen LogP contribution >= 0.6 is 0 Å². The van der Waals surface area contributed by atoms with Gasteiger partial charge in [-0.1, -0.05) is 12.1 Å². The van der Waals surface area contributed by atoms with Gasteiger partial charge in [0.05, 0.1) is 17.1 Å². The Morgan fingerprint density at radius 3 is 2.88 bits per heavy atom. The lowest BCUT2D eigenvalue weighted by Gasteiger charge is -2.16. The smallest absolute Gasteiger partial charge is 0.206 e. The number of rotatable bonds is 1. The Bertz CT molecular complexity index is 520. The highest BCUT2D eigenvalue weighted by Gasteiger charge is 2.23. The summed E-state index contributed by atoms with van der Waals surface area (Å²) in [5.74, 6) is 0.956. The standard InChI is InChI=1S/C12H15N3O/c1-14-11-5-3-2-4-10(11)13-12(14)15-7-6-9(16)8-15/h2-5,9,16H,6-8H2,1H3/t9-/m1/s1. The number of para-hydroxylation sites is 2. The van der Waals surface area contributed by atoms with Gasteiger partial charge in [0, 0.05) is 20.1 Å². The van der Waals surface area contributed by atoms with Gasteiger partial charge in [0.2, 0.25) is 5.95 Å². The van der Waals surface area contributed by atoms with E-state index < -0.39 is 0 Å². The van der Waals surface area contributed by atoms with Crippen molar-refractivity contribution < 1.29 is 5.11 Å². The van der Waals surface area contributed by atoms with Gasteiger partial charge in [-0.2, -0.15) is 0 Å². The first-order valence-electron chi connectivity index (χ1n) is 5.60. The van der Waals surface area contributed by atoms with Crippen LogP contribution in [-0.4, -0.2) is 33.9 Å². The minimum Gasteiger partial charge on any atom is -0.391 e. The Balaban J connectivity index is 2.07. The molecule has 0 radical (unpaired) electrons. The van der Waals surface area contributed by atoms with E-state index in [0.29, 0.717) is 6.54 Å². The van der Waals surface area contributed by atoms with Gasteiger partial charge in [0.25, 0.3) is 0 Å². The summed E-state index contributed by atoms with van der Waals surface area (Å²) in [7, 11) is 2.02. The summed E-state index contributed by atoms with van der Waals surface area (Å²) >= 11 is 0. The van der Waals surface area contributed by atoms with Crippen molar-refractivity contribution in [2.24, 2.45) is 7.05 Å². The first-order chi connectivity index (χ1) is 7.75. The summed E-state index contributed by atoms with van der Waals surface area (Å²) in [4.78, 5) is 6.75. The molecule has 0 saturated carbocycles. The lowest BCUT2D eigenvalue weighted by molar-refractivity contribution is 0.198. The largest absolute Gasteiger partial charge is 0.391 e. The van der Waals surface area contributed by atoms with Crippen molar-refractivity contribution in [3.05, 3.63) is 24.3 Å². The molecule has 16 heavy (non-hydrogen) atoms. The zero-order valence-electron chi connectivity index (χ0n) is 9.30. The Kier molecular flexibility index (Phi) is 2.11. The summed E-state index contributed by atoms with van der Waals surface area (Å²) in [5.41, 5.74) is 2.15. The van der Waals surface area contributed by atoms with Gasteiger partial charge in [-0.25, -0.2) is 4.98 Å². The normalized spacial score (nSPS) is 20.9. The van der Waals surface area contributed by atoms with Crippen molar-refractivity contribution in [3.8, 4) is 0 Å². The zero-order chi connectivity index (χ0) is 11.1. The predicted molar refractivity (Wildman–Crippen MR) is 63.6 cm³/mol. The average molecular weight is 217 g/mol. The molecule has 1 saturated heterocycles. The molecule has 84 valence electrons. The molecule has 1 aromatic carbocycles. The molecule has 1 aromatic heterocycles. The molecule has 1 aliphatic rings. The van der Waals surface area contributed by atoms with E-state index in [1.54, 1.807) is 0 Å². The quantitative estimate of drug-likeness (QED) is 0.779. The Morgan fingerprint density at radius 1 is 1.38 bits per heavy atom. The van der Waals surface area contributed by atoms with Gasteiger partial charge in [-0.15, -0.1) is 0 Å². The molecule has 0 aliphatic carbocycles. The van der Waals surface area contributed by atoms with E-state index in [9.17, 15) is 5.11 Å². The van der Waals surface area contributed by atoms with Gasteiger partial charge >= 0.3 is 0 Å². The lowest BCUT2D eigenvalue weighted by Crippen LogP contribution is -2.24. The number of fused-ring (bicyclic) bond motifs is 1. The molecule has 1 atom stereocenters. The summed E-state index contributed by atoms with van der Waals surface area (Å²) in [6.45, 7) is 1.58. The third kappa shape index (κ3) is 1.38. The summed E-state index contributed by atoms with van der Waals surface area (Å²) < 4.78 is 2.09. The van der Waals surface area contributed by atoms with Crippen LogP contribution in [0, 0.1) is 0 Å². The number of benzene rings is 1. The number of anilines is 1. The summed E-state index contributed by atoms with van der Waals surface area (Å²) in [6, 6.07) is 8.11. The third-order valence-corrected chi connectivity index (χ3v) is 3.21. The van der Waals surface area contributed by atoms with E-state index in [0.717, 1.165) is 29.9 Å². The zero-order valence-corrected chi connectivity index (χ0v) is 9.30. The van der Waals surface area contributed by atoms with Crippen LogP contribution in [0.25, 0.3) is 11.0 Å². The average Bonchev–Trinajstić information content (AvgIpc) is 2.84. The minimum absolute atomic E-state index is 0.209. The monoisotopic (exact) mass is 217 g/mol. The van der Waals surface area contributed by atoms with E-state index in [2.05, 4.69) is 20.5 Å². The Hall–Kier alpha value is -1.55. The number of aromatic nitrogens is 2. The fraction of sp³-hybridized carbons (Fsp3) is 0.417. The molecule has 1 N–H and O–H groups in total. The van der Waals surface area contributed by atoms with Crippen LogP contribution in [0.15, 0.2) is 24.3 Å². The molecule has 2 aromatic rings. The number of aliphatic hydroxyl groups is 1. The number of hydrogen-bond donors (Lipinski definition) is 1.